The van der Waals surface area contributed by atoms with Gasteiger partial charge in [-0.3, -0.25) is 4.55 Å². The van der Waals surface area contributed by atoms with Crippen LogP contribution in [0.3, 0.4) is 0 Å². The summed E-state index contributed by atoms with van der Waals surface area (Å²) >= 11 is 5.68. The lowest BCUT2D eigenvalue weighted by atomic mass is 10.3. The Morgan fingerprint density at radius 2 is 2.18 bits per heavy atom. The largest absolute Gasteiger partial charge is 0.332 e. The molecule has 1 aliphatic heterocycles. The second-order valence-corrected chi connectivity index (χ2v) is 6.07. The van der Waals surface area contributed by atoms with Crippen molar-refractivity contribution in [2.75, 3.05) is 19.3 Å². The fourth-order valence-electron chi connectivity index (χ4n) is 1.54. The van der Waals surface area contributed by atoms with Gasteiger partial charge < -0.3 is 4.90 Å². The van der Waals surface area contributed by atoms with E-state index in [0.29, 0.717) is 31.0 Å². The third kappa shape index (κ3) is 7.71. The summed E-state index contributed by atoms with van der Waals surface area (Å²) in [5.41, 5.74) is 3.00. The molecular formula is C10H14ClN5O5S. The molecule has 1 aliphatic rings. The van der Waals surface area contributed by atoms with Crippen LogP contribution in [0.5, 0.6) is 0 Å². The van der Waals surface area contributed by atoms with Crippen LogP contribution in [0.25, 0.3) is 0 Å². The normalized spacial score (nSPS) is 14.0. The van der Waals surface area contributed by atoms with Crippen LogP contribution < -0.4 is 5.43 Å². The molecule has 122 valence electrons. The van der Waals surface area contributed by atoms with Crippen molar-refractivity contribution in [1.29, 1.82) is 0 Å². The Bertz CT molecular complexity index is 640. The van der Waals surface area contributed by atoms with Gasteiger partial charge in [0.25, 0.3) is 16.1 Å². The molecule has 22 heavy (non-hydrogen) atoms. The van der Waals surface area contributed by atoms with Crippen LogP contribution in [0.1, 0.15) is 5.56 Å². The van der Waals surface area contributed by atoms with Crippen molar-refractivity contribution < 1.29 is 18.0 Å². The molecule has 10 nitrogen and oxygen atoms in total. The van der Waals surface area contributed by atoms with Crippen molar-refractivity contribution in [1.82, 2.24) is 15.3 Å². The first-order valence-electron chi connectivity index (χ1n) is 5.88. The van der Waals surface area contributed by atoms with E-state index in [1.807, 2.05) is 6.07 Å². The number of pyridine rings is 1. The number of hydrazine groups is 1. The highest BCUT2D eigenvalue weighted by Crippen LogP contribution is 2.10. The monoisotopic (exact) mass is 351 g/mol. The van der Waals surface area contributed by atoms with E-state index in [0.717, 1.165) is 5.56 Å². The number of hydrogen-bond acceptors (Lipinski definition) is 7. The summed E-state index contributed by atoms with van der Waals surface area (Å²) < 4.78 is 25.9. The van der Waals surface area contributed by atoms with Crippen LogP contribution in [-0.2, 0) is 16.7 Å². The topological polar surface area (TPSA) is 138 Å². The summed E-state index contributed by atoms with van der Waals surface area (Å²) in [5.74, 6) is 0.282. The zero-order chi connectivity index (χ0) is 16.8. The standard InChI is InChI=1S/C9H10ClN5O2.CH4O3S/c10-8-2-1-7(5-12-8)6-14-4-3-11-9(14)13-15(16)17;1-5(2,3)4/h1-2,5H,3-4,6H2,(H,11,13);1H3,(H,2,3,4). The molecule has 0 amide bonds. The first kappa shape index (κ1) is 18.1. The number of guanidine groups is 1. The van der Waals surface area contributed by atoms with E-state index in [1.165, 1.54) is 0 Å². The lowest BCUT2D eigenvalue weighted by Crippen LogP contribution is -2.40. The molecule has 1 aromatic rings. The number of halogens is 1. The number of nitrogens with zero attached hydrogens (tertiary/aromatic N) is 4. The van der Waals surface area contributed by atoms with E-state index in [-0.39, 0.29) is 5.96 Å². The third-order valence-corrected chi connectivity index (χ3v) is 2.51. The molecule has 0 spiro atoms. The summed E-state index contributed by atoms with van der Waals surface area (Å²) in [5, 5.41) is 10.2. The Hall–Kier alpha value is -1.98. The molecule has 1 aromatic heterocycles. The maximum Gasteiger partial charge on any atom is 0.261 e. The number of rotatable bonds is 3. The van der Waals surface area contributed by atoms with Crippen molar-refractivity contribution >= 4 is 27.7 Å². The van der Waals surface area contributed by atoms with Gasteiger partial charge in [0.15, 0.2) is 5.03 Å². The maximum absolute atomic E-state index is 10.4. The Balaban J connectivity index is 0.000000422. The van der Waals surface area contributed by atoms with Gasteiger partial charge in [0, 0.05) is 19.3 Å². The fourth-order valence-corrected chi connectivity index (χ4v) is 1.66. The van der Waals surface area contributed by atoms with Crippen molar-refractivity contribution in [3.63, 3.8) is 0 Å². The molecule has 0 fully saturated rings. The lowest BCUT2D eigenvalue weighted by molar-refractivity contribution is -0.526. The SMILES string of the molecule is CS(=O)(=O)O.O=[N+]([O-])NC1=NCCN1Cc1ccc(Cl)nc1. The summed E-state index contributed by atoms with van der Waals surface area (Å²) in [4.78, 5) is 20.1. The highest BCUT2D eigenvalue weighted by Gasteiger charge is 2.20. The first-order chi connectivity index (χ1) is 10.1. The summed E-state index contributed by atoms with van der Waals surface area (Å²) in [7, 11) is -3.67. The quantitative estimate of drug-likeness (QED) is 0.340. The van der Waals surface area contributed by atoms with E-state index in [4.69, 9.17) is 16.2 Å². The van der Waals surface area contributed by atoms with Crippen molar-refractivity contribution in [3.8, 4) is 0 Å². The second-order valence-electron chi connectivity index (χ2n) is 4.22. The van der Waals surface area contributed by atoms with E-state index in [1.54, 1.807) is 17.2 Å². The minimum atomic E-state index is -3.67. The number of hydrogen-bond donors (Lipinski definition) is 2. The fraction of sp³-hybridized carbons (Fsp3) is 0.400. The van der Waals surface area contributed by atoms with Crippen molar-refractivity contribution in [2.24, 2.45) is 4.99 Å². The van der Waals surface area contributed by atoms with Gasteiger partial charge in [-0.15, -0.1) is 0 Å². The molecule has 0 bridgehead atoms. The predicted molar refractivity (Wildman–Crippen MR) is 79.6 cm³/mol. The van der Waals surface area contributed by atoms with Gasteiger partial charge in [0.1, 0.15) is 5.15 Å². The van der Waals surface area contributed by atoms with Crippen LogP contribution in [0.2, 0.25) is 5.15 Å². The molecule has 0 saturated carbocycles. The zero-order valence-corrected chi connectivity index (χ0v) is 13.1. The van der Waals surface area contributed by atoms with Crippen LogP contribution in [0.4, 0.5) is 0 Å². The zero-order valence-electron chi connectivity index (χ0n) is 11.5. The van der Waals surface area contributed by atoms with Gasteiger partial charge >= 0.3 is 0 Å². The highest BCUT2D eigenvalue weighted by atomic mass is 35.5. The Morgan fingerprint density at radius 3 is 2.68 bits per heavy atom. The molecular weight excluding hydrogens is 338 g/mol. The molecule has 0 aromatic carbocycles. The van der Waals surface area contributed by atoms with Gasteiger partial charge in [0.05, 0.1) is 12.8 Å². The average Bonchev–Trinajstić information content (AvgIpc) is 2.77. The minimum Gasteiger partial charge on any atom is -0.332 e. The summed E-state index contributed by atoms with van der Waals surface area (Å²) in [6.07, 6.45) is 2.36. The molecule has 12 heteroatoms. The van der Waals surface area contributed by atoms with Gasteiger partial charge in [-0.2, -0.15) is 8.42 Å². The van der Waals surface area contributed by atoms with Crippen molar-refractivity contribution in [3.05, 3.63) is 39.2 Å². The van der Waals surface area contributed by atoms with Gasteiger partial charge in [-0.05, 0) is 11.6 Å². The maximum atomic E-state index is 10.4. The Labute approximate surface area is 131 Å². The van der Waals surface area contributed by atoms with Gasteiger partial charge in [-0.25, -0.2) is 20.1 Å². The first-order valence-corrected chi connectivity index (χ1v) is 8.11. The summed E-state index contributed by atoms with van der Waals surface area (Å²) in [6, 6.07) is 3.52. The minimum absolute atomic E-state index is 0.282. The van der Waals surface area contributed by atoms with Crippen LogP contribution in [-0.4, -0.2) is 53.2 Å². The molecule has 0 unspecified atom stereocenters. The second kappa shape index (κ2) is 7.87. The van der Waals surface area contributed by atoms with Gasteiger partial charge in [-0.1, -0.05) is 23.1 Å². The molecule has 2 rings (SSSR count). The van der Waals surface area contributed by atoms with Crippen molar-refractivity contribution in [2.45, 2.75) is 6.54 Å². The molecule has 2 N–H and O–H groups in total. The molecule has 0 radical (unpaired) electrons. The van der Waals surface area contributed by atoms with E-state index >= 15 is 0 Å². The van der Waals surface area contributed by atoms with E-state index in [2.05, 4.69) is 15.4 Å². The number of aliphatic imine (C=N–C) groups is 1. The smallest absolute Gasteiger partial charge is 0.261 e. The van der Waals surface area contributed by atoms with Crippen LogP contribution in [0.15, 0.2) is 23.3 Å². The molecule has 0 saturated heterocycles. The summed E-state index contributed by atoms with van der Waals surface area (Å²) in [6.45, 7) is 1.72. The molecule has 0 atom stereocenters. The lowest BCUT2D eigenvalue weighted by Gasteiger charge is -2.17. The predicted octanol–water partition coefficient (Wildman–Crippen LogP) is 0.192. The average molecular weight is 352 g/mol. The van der Waals surface area contributed by atoms with Crippen LogP contribution >= 0.6 is 11.6 Å². The highest BCUT2D eigenvalue weighted by molar-refractivity contribution is 7.85. The Kier molecular flexibility index (Phi) is 6.46. The molecule has 0 aliphatic carbocycles. The van der Waals surface area contributed by atoms with E-state index < -0.39 is 15.2 Å². The third-order valence-electron chi connectivity index (χ3n) is 2.28. The van der Waals surface area contributed by atoms with Gasteiger partial charge in [0.2, 0.25) is 0 Å². The van der Waals surface area contributed by atoms with E-state index in [9.17, 15) is 18.5 Å². The number of nitrogens with one attached hydrogen (secondary N) is 1. The molecule has 2 heterocycles. The number of nitro groups is 1. The number of aromatic nitrogens is 1. The van der Waals surface area contributed by atoms with Crippen LogP contribution in [0, 0.1) is 10.1 Å². The Morgan fingerprint density at radius 1 is 1.55 bits per heavy atom.